The number of hydrogen-bond donors (Lipinski definition) is 1. The largest absolute Gasteiger partial charge is 0.308 e. The molecule has 0 bridgehead atoms. The number of hydrogen-bond acceptors (Lipinski definition) is 2. The minimum absolute atomic E-state index is 0.0842. The Morgan fingerprint density at radius 3 is 2.60 bits per heavy atom. The van der Waals surface area contributed by atoms with Gasteiger partial charge in [-0.05, 0) is 47.1 Å². The van der Waals surface area contributed by atoms with Crippen LogP contribution in [-0.2, 0) is 6.54 Å². The number of rotatable bonds is 5. The Labute approximate surface area is 144 Å². The van der Waals surface area contributed by atoms with Crippen LogP contribution >= 0.6 is 47.8 Å². The molecule has 6 heteroatoms. The fourth-order valence-electron chi connectivity index (χ4n) is 2.22. The molecule has 0 radical (unpaired) electrons. The van der Waals surface area contributed by atoms with Gasteiger partial charge in [0.05, 0.1) is 22.4 Å². The van der Waals surface area contributed by atoms with E-state index >= 15 is 0 Å². The first kappa shape index (κ1) is 16.2. The second-order valence-electron chi connectivity index (χ2n) is 4.49. The zero-order valence-electron chi connectivity index (χ0n) is 11.3. The van der Waals surface area contributed by atoms with Gasteiger partial charge in [-0.2, -0.15) is 5.10 Å². The Bertz CT molecular complexity index is 595. The van der Waals surface area contributed by atoms with Crippen LogP contribution < -0.4 is 5.32 Å². The van der Waals surface area contributed by atoms with E-state index in [4.69, 9.17) is 0 Å². The second-order valence-corrected chi connectivity index (χ2v) is 7.11. The third kappa shape index (κ3) is 3.35. The van der Waals surface area contributed by atoms with E-state index in [1.807, 2.05) is 13.2 Å². The van der Waals surface area contributed by atoms with Gasteiger partial charge in [-0.1, -0.05) is 44.8 Å². The maximum absolute atomic E-state index is 4.45. The number of nitrogens with one attached hydrogen (secondary N) is 1. The van der Waals surface area contributed by atoms with Gasteiger partial charge in [-0.3, -0.25) is 4.68 Å². The average molecular weight is 466 g/mol. The summed E-state index contributed by atoms with van der Waals surface area (Å²) < 4.78 is 5.21. The maximum atomic E-state index is 4.45. The van der Waals surface area contributed by atoms with Crippen molar-refractivity contribution in [2.24, 2.45) is 0 Å². The Morgan fingerprint density at radius 2 is 2.00 bits per heavy atom. The van der Waals surface area contributed by atoms with Crippen molar-refractivity contribution in [3.8, 4) is 0 Å². The highest BCUT2D eigenvalue weighted by Crippen LogP contribution is 2.34. The molecule has 0 spiro atoms. The predicted molar refractivity (Wildman–Crippen MR) is 93.0 cm³/mol. The van der Waals surface area contributed by atoms with E-state index in [0.717, 1.165) is 32.1 Å². The van der Waals surface area contributed by atoms with Gasteiger partial charge in [0.25, 0.3) is 0 Å². The third-order valence-corrected chi connectivity index (χ3v) is 4.90. The van der Waals surface area contributed by atoms with E-state index in [1.165, 1.54) is 5.56 Å². The quantitative estimate of drug-likeness (QED) is 0.681. The summed E-state index contributed by atoms with van der Waals surface area (Å²) >= 11 is 10.8. The van der Waals surface area contributed by atoms with Crippen LogP contribution in [-0.4, -0.2) is 16.8 Å². The van der Waals surface area contributed by atoms with Crippen molar-refractivity contribution >= 4 is 47.8 Å². The summed E-state index contributed by atoms with van der Waals surface area (Å²) in [4.78, 5) is 0. The average Bonchev–Trinajstić information content (AvgIpc) is 2.75. The minimum atomic E-state index is 0.0842. The van der Waals surface area contributed by atoms with Gasteiger partial charge in [0.15, 0.2) is 0 Å². The van der Waals surface area contributed by atoms with Crippen molar-refractivity contribution in [3.05, 3.63) is 49.1 Å². The molecular weight excluding hydrogens is 450 g/mol. The smallest absolute Gasteiger partial charge is 0.0768 e. The molecule has 1 N–H and O–H groups in total. The Balaban J connectivity index is 2.49. The topological polar surface area (TPSA) is 29.9 Å². The van der Waals surface area contributed by atoms with Crippen LogP contribution in [0, 0.1) is 0 Å². The Kier molecular flexibility index (Phi) is 5.84. The summed E-state index contributed by atoms with van der Waals surface area (Å²) in [6.45, 7) is 3.07. The molecule has 1 unspecified atom stereocenters. The zero-order chi connectivity index (χ0) is 14.7. The fourth-order valence-corrected chi connectivity index (χ4v) is 4.03. The van der Waals surface area contributed by atoms with Gasteiger partial charge in [-0.15, -0.1) is 0 Å². The van der Waals surface area contributed by atoms with Crippen LogP contribution in [0.2, 0.25) is 0 Å². The molecule has 20 heavy (non-hydrogen) atoms. The number of halogens is 3. The molecule has 1 atom stereocenters. The molecule has 0 aliphatic rings. The summed E-state index contributed by atoms with van der Waals surface area (Å²) in [5, 5.41) is 7.84. The van der Waals surface area contributed by atoms with Crippen molar-refractivity contribution in [1.82, 2.24) is 15.1 Å². The van der Waals surface area contributed by atoms with Gasteiger partial charge in [-0.25, -0.2) is 0 Å². The van der Waals surface area contributed by atoms with Crippen LogP contribution in [0.25, 0.3) is 0 Å². The van der Waals surface area contributed by atoms with Crippen LogP contribution in [0.3, 0.4) is 0 Å². The summed E-state index contributed by atoms with van der Waals surface area (Å²) in [5.41, 5.74) is 2.34. The fraction of sp³-hybridized carbons (Fsp3) is 0.357. The first-order valence-electron chi connectivity index (χ1n) is 6.41. The zero-order valence-corrected chi connectivity index (χ0v) is 16.1. The monoisotopic (exact) mass is 463 g/mol. The maximum Gasteiger partial charge on any atom is 0.0768 e. The lowest BCUT2D eigenvalue weighted by atomic mass is 10.0. The van der Waals surface area contributed by atoms with E-state index in [9.17, 15) is 0 Å². The first-order chi connectivity index (χ1) is 9.58. The van der Waals surface area contributed by atoms with E-state index in [0.29, 0.717) is 0 Å². The molecule has 0 fully saturated rings. The predicted octanol–water partition coefficient (Wildman–Crippen LogP) is 4.89. The third-order valence-electron chi connectivity index (χ3n) is 3.10. The number of benzene rings is 1. The molecule has 3 nitrogen and oxygen atoms in total. The number of aryl methyl sites for hydroxylation is 1. The van der Waals surface area contributed by atoms with E-state index in [-0.39, 0.29) is 6.04 Å². The van der Waals surface area contributed by atoms with Gasteiger partial charge < -0.3 is 5.32 Å². The summed E-state index contributed by atoms with van der Waals surface area (Å²) in [5.74, 6) is 0. The van der Waals surface area contributed by atoms with Crippen LogP contribution in [0.4, 0.5) is 0 Å². The van der Waals surface area contributed by atoms with E-state index in [2.05, 4.69) is 88.0 Å². The molecule has 1 heterocycles. The molecular formula is C14H16Br3N3. The van der Waals surface area contributed by atoms with Crippen molar-refractivity contribution in [1.29, 1.82) is 0 Å². The molecule has 2 rings (SSSR count). The van der Waals surface area contributed by atoms with Gasteiger partial charge in [0.2, 0.25) is 0 Å². The molecule has 0 aliphatic carbocycles. The Hall–Kier alpha value is -0.170. The molecule has 1 aromatic carbocycles. The van der Waals surface area contributed by atoms with Gasteiger partial charge >= 0.3 is 0 Å². The highest BCUT2D eigenvalue weighted by atomic mass is 79.9. The molecule has 1 aromatic heterocycles. The molecule has 2 aromatic rings. The Morgan fingerprint density at radius 1 is 1.25 bits per heavy atom. The second kappa shape index (κ2) is 7.20. The molecule has 0 saturated heterocycles. The summed E-state index contributed by atoms with van der Waals surface area (Å²) in [7, 11) is 1.97. The van der Waals surface area contributed by atoms with Crippen molar-refractivity contribution in [3.63, 3.8) is 0 Å². The molecule has 108 valence electrons. The summed E-state index contributed by atoms with van der Waals surface area (Å²) in [6, 6.07) is 6.32. The van der Waals surface area contributed by atoms with Crippen LogP contribution in [0.15, 0.2) is 37.8 Å². The normalized spacial score (nSPS) is 12.7. The minimum Gasteiger partial charge on any atom is -0.308 e. The SMILES string of the molecule is CCCn1ncc(Br)c1C(NC)c1ccc(Br)cc1Br. The summed E-state index contributed by atoms with van der Waals surface area (Å²) in [6.07, 6.45) is 2.92. The van der Waals surface area contributed by atoms with Crippen molar-refractivity contribution in [2.75, 3.05) is 7.05 Å². The standard InChI is InChI=1S/C14H16Br3N3/c1-3-6-20-14(12(17)8-19-20)13(18-2)10-5-4-9(15)7-11(10)16/h4-5,7-8,13,18H,3,6H2,1-2H3. The van der Waals surface area contributed by atoms with Crippen LogP contribution in [0.1, 0.15) is 30.6 Å². The lowest BCUT2D eigenvalue weighted by molar-refractivity contribution is 0.532. The number of nitrogens with zero attached hydrogens (tertiary/aromatic N) is 2. The highest BCUT2D eigenvalue weighted by molar-refractivity contribution is 9.11. The van der Waals surface area contributed by atoms with Crippen LogP contribution in [0.5, 0.6) is 0 Å². The highest BCUT2D eigenvalue weighted by Gasteiger charge is 2.22. The molecule has 0 amide bonds. The van der Waals surface area contributed by atoms with E-state index in [1.54, 1.807) is 0 Å². The lowest BCUT2D eigenvalue weighted by Crippen LogP contribution is -2.22. The molecule has 0 aliphatic heterocycles. The first-order valence-corrected chi connectivity index (χ1v) is 8.79. The van der Waals surface area contributed by atoms with Crippen molar-refractivity contribution in [2.45, 2.75) is 25.9 Å². The van der Waals surface area contributed by atoms with E-state index < -0.39 is 0 Å². The van der Waals surface area contributed by atoms with Gasteiger partial charge in [0.1, 0.15) is 0 Å². The lowest BCUT2D eigenvalue weighted by Gasteiger charge is -2.20. The van der Waals surface area contributed by atoms with Gasteiger partial charge in [0, 0.05) is 15.5 Å². The number of aromatic nitrogens is 2. The molecule has 0 saturated carbocycles. The van der Waals surface area contributed by atoms with Crippen molar-refractivity contribution < 1.29 is 0 Å².